The molecule has 2 aromatic carbocycles. The minimum Gasteiger partial charge on any atom is -0.497 e. The SMILES string of the molecule is COc1cccc(Nc2ccccc2C(=O)N(C)CCCC(=O)O)c1. The van der Waals surface area contributed by atoms with Crippen LogP contribution in [0.3, 0.4) is 0 Å². The second-order valence-electron chi connectivity index (χ2n) is 5.63. The highest BCUT2D eigenvalue weighted by Crippen LogP contribution is 2.24. The number of carbonyl (C=O) groups excluding carboxylic acids is 1. The molecule has 0 atom stereocenters. The molecule has 0 heterocycles. The lowest BCUT2D eigenvalue weighted by Crippen LogP contribution is -2.28. The first-order valence-electron chi connectivity index (χ1n) is 7.98. The standard InChI is InChI=1S/C19H22N2O4/c1-21(12-6-11-18(22)23)19(24)16-9-3-4-10-17(16)20-14-7-5-8-15(13-14)25-2/h3-5,7-10,13,20H,6,11-12H2,1-2H3,(H,22,23). The number of hydrogen-bond donors (Lipinski definition) is 2. The number of nitrogens with zero attached hydrogens (tertiary/aromatic N) is 1. The van der Waals surface area contributed by atoms with Crippen molar-refractivity contribution in [2.45, 2.75) is 12.8 Å². The van der Waals surface area contributed by atoms with Gasteiger partial charge in [-0.15, -0.1) is 0 Å². The number of carboxylic acid groups (broad SMARTS) is 1. The molecule has 2 rings (SSSR count). The number of nitrogens with one attached hydrogen (secondary N) is 1. The monoisotopic (exact) mass is 342 g/mol. The molecule has 132 valence electrons. The van der Waals surface area contributed by atoms with Crippen LogP contribution in [0.1, 0.15) is 23.2 Å². The number of para-hydroxylation sites is 1. The number of hydrogen-bond acceptors (Lipinski definition) is 4. The summed E-state index contributed by atoms with van der Waals surface area (Å²) in [6.07, 6.45) is 0.463. The molecule has 0 saturated carbocycles. The topological polar surface area (TPSA) is 78.9 Å². The maximum absolute atomic E-state index is 12.7. The van der Waals surface area contributed by atoms with Crippen molar-refractivity contribution in [2.75, 3.05) is 26.0 Å². The number of anilines is 2. The van der Waals surface area contributed by atoms with E-state index in [0.29, 0.717) is 24.2 Å². The number of methoxy groups -OCH3 is 1. The Bertz CT molecular complexity index is 746. The van der Waals surface area contributed by atoms with Crippen molar-refractivity contribution >= 4 is 23.3 Å². The highest BCUT2D eigenvalue weighted by molar-refractivity contribution is 6.00. The third-order valence-electron chi connectivity index (χ3n) is 3.74. The van der Waals surface area contributed by atoms with E-state index in [1.807, 2.05) is 36.4 Å². The summed E-state index contributed by atoms with van der Waals surface area (Å²) in [6, 6.07) is 14.7. The quantitative estimate of drug-likeness (QED) is 0.769. The molecule has 0 unspecified atom stereocenters. The third kappa shape index (κ3) is 5.24. The van der Waals surface area contributed by atoms with Gasteiger partial charge in [-0.25, -0.2) is 0 Å². The Hall–Kier alpha value is -3.02. The van der Waals surface area contributed by atoms with Crippen LogP contribution in [0.2, 0.25) is 0 Å². The molecule has 0 bridgehead atoms. The molecular weight excluding hydrogens is 320 g/mol. The van der Waals surface area contributed by atoms with E-state index >= 15 is 0 Å². The van der Waals surface area contributed by atoms with Crippen LogP contribution in [-0.2, 0) is 4.79 Å². The fourth-order valence-corrected chi connectivity index (χ4v) is 2.41. The lowest BCUT2D eigenvalue weighted by Gasteiger charge is -2.19. The van der Waals surface area contributed by atoms with Crippen LogP contribution in [0.25, 0.3) is 0 Å². The Kier molecular flexibility index (Phi) is 6.39. The second kappa shape index (κ2) is 8.73. The fourth-order valence-electron chi connectivity index (χ4n) is 2.41. The zero-order valence-electron chi connectivity index (χ0n) is 14.4. The van der Waals surface area contributed by atoms with Gasteiger partial charge in [0.05, 0.1) is 18.4 Å². The molecule has 0 radical (unpaired) electrons. The average Bonchev–Trinajstić information content (AvgIpc) is 2.61. The van der Waals surface area contributed by atoms with Gasteiger partial charge in [0, 0.05) is 31.8 Å². The first-order chi connectivity index (χ1) is 12.0. The van der Waals surface area contributed by atoms with Gasteiger partial charge in [0.2, 0.25) is 0 Å². The minimum atomic E-state index is -0.860. The van der Waals surface area contributed by atoms with Gasteiger partial charge in [0.15, 0.2) is 0 Å². The van der Waals surface area contributed by atoms with Crippen molar-refractivity contribution in [1.82, 2.24) is 4.90 Å². The lowest BCUT2D eigenvalue weighted by molar-refractivity contribution is -0.137. The first-order valence-corrected chi connectivity index (χ1v) is 7.98. The van der Waals surface area contributed by atoms with Gasteiger partial charge in [-0.3, -0.25) is 9.59 Å². The smallest absolute Gasteiger partial charge is 0.303 e. The normalized spacial score (nSPS) is 10.2. The van der Waals surface area contributed by atoms with Crippen LogP contribution >= 0.6 is 0 Å². The Morgan fingerprint density at radius 1 is 1.16 bits per heavy atom. The summed E-state index contributed by atoms with van der Waals surface area (Å²) in [4.78, 5) is 24.8. The molecule has 1 amide bonds. The summed E-state index contributed by atoms with van der Waals surface area (Å²) < 4.78 is 5.21. The van der Waals surface area contributed by atoms with Gasteiger partial charge in [-0.05, 0) is 30.7 Å². The predicted octanol–water partition coefficient (Wildman–Crippen LogP) is 3.38. The summed E-state index contributed by atoms with van der Waals surface area (Å²) in [5.41, 5.74) is 2.03. The molecule has 0 aliphatic carbocycles. The van der Waals surface area contributed by atoms with Crippen LogP contribution in [0, 0.1) is 0 Å². The van der Waals surface area contributed by atoms with Gasteiger partial charge in [-0.2, -0.15) is 0 Å². The molecule has 2 N–H and O–H groups in total. The number of amides is 1. The van der Waals surface area contributed by atoms with E-state index in [1.54, 1.807) is 26.3 Å². The van der Waals surface area contributed by atoms with Crippen molar-refractivity contribution < 1.29 is 19.4 Å². The highest BCUT2D eigenvalue weighted by atomic mass is 16.5. The van der Waals surface area contributed by atoms with Crippen LogP contribution in [0.5, 0.6) is 5.75 Å². The zero-order valence-corrected chi connectivity index (χ0v) is 14.4. The summed E-state index contributed by atoms with van der Waals surface area (Å²) in [5, 5.41) is 11.9. The van der Waals surface area contributed by atoms with Gasteiger partial charge in [-0.1, -0.05) is 18.2 Å². The molecule has 2 aromatic rings. The van der Waals surface area contributed by atoms with E-state index in [-0.39, 0.29) is 12.3 Å². The largest absolute Gasteiger partial charge is 0.497 e. The van der Waals surface area contributed by atoms with Crippen molar-refractivity contribution in [3.63, 3.8) is 0 Å². The van der Waals surface area contributed by atoms with E-state index in [1.165, 1.54) is 4.90 Å². The molecule has 0 aliphatic heterocycles. The molecule has 6 heteroatoms. The summed E-state index contributed by atoms with van der Waals surface area (Å²) in [7, 11) is 3.27. The van der Waals surface area contributed by atoms with Gasteiger partial charge >= 0.3 is 5.97 Å². The van der Waals surface area contributed by atoms with Crippen molar-refractivity contribution in [3.8, 4) is 5.75 Å². The van der Waals surface area contributed by atoms with E-state index in [0.717, 1.165) is 11.4 Å². The Labute approximate surface area is 147 Å². The number of rotatable bonds is 8. The van der Waals surface area contributed by atoms with E-state index < -0.39 is 5.97 Å². The maximum Gasteiger partial charge on any atom is 0.303 e. The van der Waals surface area contributed by atoms with Crippen LogP contribution in [0.4, 0.5) is 11.4 Å². The Morgan fingerprint density at radius 3 is 2.64 bits per heavy atom. The molecular formula is C19H22N2O4. The van der Waals surface area contributed by atoms with E-state index in [2.05, 4.69) is 5.32 Å². The maximum atomic E-state index is 12.7. The number of ether oxygens (including phenoxy) is 1. The average molecular weight is 342 g/mol. The van der Waals surface area contributed by atoms with Crippen molar-refractivity contribution in [2.24, 2.45) is 0 Å². The summed E-state index contributed by atoms with van der Waals surface area (Å²) >= 11 is 0. The number of benzene rings is 2. The second-order valence-corrected chi connectivity index (χ2v) is 5.63. The van der Waals surface area contributed by atoms with Crippen LogP contribution < -0.4 is 10.1 Å². The van der Waals surface area contributed by atoms with Gasteiger partial charge < -0.3 is 20.1 Å². The molecule has 0 saturated heterocycles. The molecule has 6 nitrogen and oxygen atoms in total. The van der Waals surface area contributed by atoms with Crippen LogP contribution in [0.15, 0.2) is 48.5 Å². The first kappa shape index (κ1) is 18.3. The number of carbonyl (C=O) groups is 2. The van der Waals surface area contributed by atoms with Gasteiger partial charge in [0.25, 0.3) is 5.91 Å². The molecule has 0 fully saturated rings. The Balaban J connectivity index is 2.13. The van der Waals surface area contributed by atoms with Crippen molar-refractivity contribution in [1.29, 1.82) is 0 Å². The minimum absolute atomic E-state index is 0.0430. The van der Waals surface area contributed by atoms with Crippen molar-refractivity contribution in [3.05, 3.63) is 54.1 Å². The molecule has 0 aromatic heterocycles. The predicted molar refractivity (Wildman–Crippen MR) is 96.5 cm³/mol. The van der Waals surface area contributed by atoms with E-state index in [9.17, 15) is 9.59 Å². The summed E-state index contributed by atoms with van der Waals surface area (Å²) in [5.74, 6) is -0.295. The number of carboxylic acids is 1. The highest BCUT2D eigenvalue weighted by Gasteiger charge is 2.16. The molecule has 0 aliphatic rings. The van der Waals surface area contributed by atoms with E-state index in [4.69, 9.17) is 9.84 Å². The Morgan fingerprint density at radius 2 is 1.92 bits per heavy atom. The zero-order chi connectivity index (χ0) is 18.2. The molecule has 0 spiro atoms. The number of aliphatic carboxylic acids is 1. The van der Waals surface area contributed by atoms with Gasteiger partial charge in [0.1, 0.15) is 5.75 Å². The summed E-state index contributed by atoms with van der Waals surface area (Å²) in [6.45, 7) is 0.388. The lowest BCUT2D eigenvalue weighted by atomic mass is 10.1. The third-order valence-corrected chi connectivity index (χ3v) is 3.74. The molecule has 25 heavy (non-hydrogen) atoms. The fraction of sp³-hybridized carbons (Fsp3) is 0.263. The van der Waals surface area contributed by atoms with Crippen LogP contribution in [-0.4, -0.2) is 42.6 Å².